The summed E-state index contributed by atoms with van der Waals surface area (Å²) in [5.41, 5.74) is 6.71. The molecule has 4 rings (SSSR count). The van der Waals surface area contributed by atoms with Gasteiger partial charge in [-0.1, -0.05) is 12.1 Å². The number of hydrazine groups is 1. The van der Waals surface area contributed by atoms with Crippen LogP contribution in [0.25, 0.3) is 6.08 Å². The maximum absolute atomic E-state index is 12.6. The summed E-state index contributed by atoms with van der Waals surface area (Å²) in [5.74, 6) is -0.812. The number of benzene rings is 1. The van der Waals surface area contributed by atoms with Crippen molar-refractivity contribution in [1.82, 2.24) is 15.2 Å². The van der Waals surface area contributed by atoms with Crippen molar-refractivity contribution in [2.45, 2.75) is 30.6 Å². The lowest BCUT2D eigenvalue weighted by Gasteiger charge is -2.26. The summed E-state index contributed by atoms with van der Waals surface area (Å²) in [6.07, 6.45) is 7.14. The van der Waals surface area contributed by atoms with E-state index >= 15 is 0 Å². The summed E-state index contributed by atoms with van der Waals surface area (Å²) < 4.78 is 31.9. The van der Waals surface area contributed by atoms with E-state index in [4.69, 9.17) is 4.74 Å². The second-order valence-corrected chi connectivity index (χ2v) is 10.7. The molecule has 2 heterocycles. The van der Waals surface area contributed by atoms with Gasteiger partial charge in [0.15, 0.2) is 0 Å². The van der Waals surface area contributed by atoms with Gasteiger partial charge in [0, 0.05) is 24.0 Å². The van der Waals surface area contributed by atoms with Crippen molar-refractivity contribution in [3.05, 3.63) is 57.3 Å². The number of aryl methyl sites for hydroxylation is 2. The maximum atomic E-state index is 12.6. The minimum Gasteiger partial charge on any atom is -0.379 e. The lowest BCUT2D eigenvalue weighted by atomic mass is 9.99. The van der Waals surface area contributed by atoms with Gasteiger partial charge in [0.1, 0.15) is 0 Å². The fraction of sp³-hybridized carbons (Fsp3) is 0.364. The molecule has 32 heavy (non-hydrogen) atoms. The van der Waals surface area contributed by atoms with E-state index in [1.165, 1.54) is 44.3 Å². The van der Waals surface area contributed by atoms with E-state index in [1.54, 1.807) is 18.2 Å². The number of fused-ring (bicyclic) bond motifs is 1. The molecule has 1 aliphatic heterocycles. The van der Waals surface area contributed by atoms with E-state index in [9.17, 15) is 18.0 Å². The first-order valence-corrected chi connectivity index (χ1v) is 12.8. The highest BCUT2D eigenvalue weighted by molar-refractivity contribution is 7.89. The van der Waals surface area contributed by atoms with Crippen molar-refractivity contribution in [2.75, 3.05) is 26.3 Å². The molecule has 0 unspecified atom stereocenters. The van der Waals surface area contributed by atoms with Gasteiger partial charge in [-0.2, -0.15) is 4.31 Å². The van der Waals surface area contributed by atoms with Gasteiger partial charge in [0.05, 0.1) is 23.0 Å². The molecule has 1 aliphatic carbocycles. The predicted molar refractivity (Wildman–Crippen MR) is 122 cm³/mol. The number of amides is 2. The SMILES string of the molecule is O=C(C=Cc1ccc(S(=O)(=O)N2CCOCC2)cc1)NNC(=O)c1cc2c(s1)CCCC2. The van der Waals surface area contributed by atoms with Gasteiger partial charge in [0.2, 0.25) is 10.0 Å². The number of nitrogens with one attached hydrogen (secondary N) is 2. The van der Waals surface area contributed by atoms with Crippen LogP contribution in [-0.4, -0.2) is 50.8 Å². The monoisotopic (exact) mass is 475 g/mol. The molecule has 170 valence electrons. The van der Waals surface area contributed by atoms with Crippen LogP contribution in [0.5, 0.6) is 0 Å². The van der Waals surface area contributed by atoms with Crippen LogP contribution >= 0.6 is 11.3 Å². The molecule has 10 heteroatoms. The smallest absolute Gasteiger partial charge is 0.279 e. The van der Waals surface area contributed by atoms with E-state index in [2.05, 4.69) is 10.9 Å². The zero-order valence-corrected chi connectivity index (χ0v) is 19.1. The number of morpholine rings is 1. The minimum atomic E-state index is -3.55. The normalized spacial score (nSPS) is 17.1. The number of carbonyl (C=O) groups excluding carboxylic acids is 2. The Morgan fingerprint density at radius 2 is 1.75 bits per heavy atom. The van der Waals surface area contributed by atoms with Gasteiger partial charge in [0.25, 0.3) is 11.8 Å². The standard InChI is InChI=1S/C22H25N3O5S2/c26-21(23-24-22(27)20-15-17-3-1-2-4-19(17)31-20)10-7-16-5-8-18(9-6-16)32(28,29)25-11-13-30-14-12-25/h5-10,15H,1-4,11-14H2,(H,23,26)(H,24,27). The largest absolute Gasteiger partial charge is 0.379 e. The molecular formula is C22H25N3O5S2. The van der Waals surface area contributed by atoms with Crippen molar-refractivity contribution in [3.63, 3.8) is 0 Å². The molecule has 2 aromatic rings. The highest BCUT2D eigenvalue weighted by Crippen LogP contribution is 2.29. The highest BCUT2D eigenvalue weighted by Gasteiger charge is 2.26. The van der Waals surface area contributed by atoms with Crippen LogP contribution < -0.4 is 10.9 Å². The second kappa shape index (κ2) is 9.95. The Hall–Kier alpha value is -2.53. The molecule has 0 bridgehead atoms. The average molecular weight is 476 g/mol. The van der Waals surface area contributed by atoms with Crippen molar-refractivity contribution < 1.29 is 22.7 Å². The average Bonchev–Trinajstić information content (AvgIpc) is 3.26. The first kappa shape index (κ1) is 22.7. The molecule has 1 saturated heterocycles. The molecule has 0 radical (unpaired) electrons. The number of ether oxygens (including phenoxy) is 1. The third kappa shape index (κ3) is 5.26. The highest BCUT2D eigenvalue weighted by atomic mass is 32.2. The summed E-state index contributed by atoms with van der Waals surface area (Å²) in [4.78, 5) is 26.4. The van der Waals surface area contributed by atoms with E-state index in [0.29, 0.717) is 36.7 Å². The molecule has 0 atom stereocenters. The van der Waals surface area contributed by atoms with E-state index < -0.39 is 15.9 Å². The number of hydrogen-bond donors (Lipinski definition) is 2. The van der Waals surface area contributed by atoms with Gasteiger partial charge in [-0.3, -0.25) is 20.4 Å². The molecule has 2 amide bonds. The topological polar surface area (TPSA) is 105 Å². The van der Waals surface area contributed by atoms with Gasteiger partial charge < -0.3 is 4.74 Å². The van der Waals surface area contributed by atoms with Gasteiger partial charge in [-0.15, -0.1) is 11.3 Å². The van der Waals surface area contributed by atoms with Crippen LogP contribution in [0.15, 0.2) is 41.3 Å². The first-order chi connectivity index (χ1) is 15.4. The summed E-state index contributed by atoms with van der Waals surface area (Å²) in [6, 6.07) is 8.20. The number of thiophene rings is 1. The number of rotatable bonds is 5. The van der Waals surface area contributed by atoms with Crippen LogP contribution in [0.3, 0.4) is 0 Å². The number of hydrogen-bond acceptors (Lipinski definition) is 6. The van der Waals surface area contributed by atoms with Gasteiger partial charge >= 0.3 is 0 Å². The molecule has 0 spiro atoms. The minimum absolute atomic E-state index is 0.201. The maximum Gasteiger partial charge on any atom is 0.279 e. The second-order valence-electron chi connectivity index (χ2n) is 7.63. The fourth-order valence-corrected chi connectivity index (χ4v) is 6.24. The number of nitrogens with zero attached hydrogens (tertiary/aromatic N) is 1. The molecule has 1 aromatic carbocycles. The van der Waals surface area contributed by atoms with E-state index in [-0.39, 0.29) is 10.8 Å². The molecule has 1 aromatic heterocycles. The van der Waals surface area contributed by atoms with Crippen LogP contribution in [0.2, 0.25) is 0 Å². The zero-order valence-electron chi connectivity index (χ0n) is 17.5. The van der Waals surface area contributed by atoms with E-state index in [1.807, 2.05) is 6.07 Å². The first-order valence-electron chi connectivity index (χ1n) is 10.5. The number of carbonyl (C=O) groups is 2. The number of sulfonamides is 1. The Labute approximate surface area is 191 Å². The Bertz CT molecular complexity index is 1090. The van der Waals surface area contributed by atoms with Gasteiger partial charge in [-0.25, -0.2) is 8.42 Å². The third-order valence-corrected chi connectivity index (χ3v) is 8.58. The van der Waals surface area contributed by atoms with Gasteiger partial charge in [-0.05, 0) is 61.1 Å². The van der Waals surface area contributed by atoms with Crippen LogP contribution in [0.4, 0.5) is 0 Å². The lowest BCUT2D eigenvalue weighted by Crippen LogP contribution is -2.40. The van der Waals surface area contributed by atoms with Crippen LogP contribution in [-0.2, 0) is 32.4 Å². The zero-order chi connectivity index (χ0) is 22.6. The third-order valence-electron chi connectivity index (χ3n) is 5.43. The quantitative estimate of drug-likeness (QED) is 0.509. The van der Waals surface area contributed by atoms with Crippen molar-refractivity contribution >= 4 is 39.3 Å². The summed E-state index contributed by atoms with van der Waals surface area (Å²) in [7, 11) is -3.55. The lowest BCUT2D eigenvalue weighted by molar-refractivity contribution is -0.117. The predicted octanol–water partition coefficient (Wildman–Crippen LogP) is 2.12. The Kier molecular flexibility index (Phi) is 7.04. The van der Waals surface area contributed by atoms with Crippen molar-refractivity contribution in [1.29, 1.82) is 0 Å². The Morgan fingerprint density at radius 1 is 1.03 bits per heavy atom. The Morgan fingerprint density at radius 3 is 2.47 bits per heavy atom. The molecular weight excluding hydrogens is 450 g/mol. The van der Waals surface area contributed by atoms with Crippen molar-refractivity contribution in [2.24, 2.45) is 0 Å². The molecule has 0 saturated carbocycles. The molecule has 2 N–H and O–H groups in total. The summed E-state index contributed by atoms with van der Waals surface area (Å²) >= 11 is 1.48. The van der Waals surface area contributed by atoms with Crippen LogP contribution in [0, 0.1) is 0 Å². The molecule has 8 nitrogen and oxygen atoms in total. The summed E-state index contributed by atoms with van der Waals surface area (Å²) in [6.45, 7) is 1.45. The molecule has 1 fully saturated rings. The van der Waals surface area contributed by atoms with E-state index in [0.717, 1.165) is 25.7 Å². The van der Waals surface area contributed by atoms with Crippen LogP contribution in [0.1, 0.15) is 38.5 Å². The molecule has 2 aliphatic rings. The summed E-state index contributed by atoms with van der Waals surface area (Å²) in [5, 5.41) is 0. The fourth-order valence-electron chi connectivity index (χ4n) is 3.68. The van der Waals surface area contributed by atoms with Crippen molar-refractivity contribution in [3.8, 4) is 0 Å². The Balaban J connectivity index is 1.30.